The highest BCUT2D eigenvalue weighted by molar-refractivity contribution is 7.46. The van der Waals surface area contributed by atoms with Crippen LogP contribution in [0, 0.1) is 0 Å². The molecule has 0 radical (unpaired) electrons. The standard InChI is InChI=1S/C20H38N3O12P.C16H31N2O11P/c1-15(2)23-11-19(26)21-5-7-30-9-10-31-14-20(27)22-6-8-33-36(28,29)34-13-18(35-17(4)25)12-32-16(3)24;1-13(19)26-10-15(29-14(2)20)11-28-30(22,23)27-7-5-18-16(21)12-25-9-8-24-6-4-17-3/h15,18,23H,5-14H2,1-4H3,(H,21,26)(H,22,27)(H,28,29);15,17H,4-12H2,1-3H3,(H,18,21)(H,22,23)/p-2/t18-;15-/m11/s1. The Morgan fingerprint density at radius 1 is 0.485 bits per heavy atom. The Bertz CT molecular complexity index is 1500. The van der Waals surface area contributed by atoms with Gasteiger partial charge in [-0.3, -0.25) is 42.7 Å². The van der Waals surface area contributed by atoms with Crippen molar-refractivity contribution in [2.45, 2.75) is 59.8 Å². The van der Waals surface area contributed by atoms with Gasteiger partial charge in [0.1, 0.15) is 26.4 Å². The SMILES string of the molecule is CC(=O)OC[C@H](COP(=O)([O-])OCCNC(=O)COCCOCCNC(=O)CNC(C)C)OC(C)=O.CNCCOCCOCC(=O)NCCOP(=O)([O-])OC[C@@H](COC(C)=O)OC(C)=O. The molecule has 0 saturated carbocycles. The number of hydrogen-bond donors (Lipinski definition) is 5. The first kappa shape index (κ1) is 64.4. The van der Waals surface area contributed by atoms with Crippen molar-refractivity contribution in [3.05, 3.63) is 0 Å². The third-order valence-corrected chi connectivity index (χ3v) is 8.67. The van der Waals surface area contributed by atoms with Crippen LogP contribution in [0.25, 0.3) is 0 Å². The van der Waals surface area contributed by atoms with Gasteiger partial charge in [-0.15, -0.1) is 0 Å². The highest BCUT2D eigenvalue weighted by Crippen LogP contribution is 2.38. The second-order valence-electron chi connectivity index (χ2n) is 13.2. The summed E-state index contributed by atoms with van der Waals surface area (Å²) in [7, 11) is -7.68. The zero-order valence-corrected chi connectivity index (χ0v) is 40.2. The van der Waals surface area contributed by atoms with Crippen LogP contribution in [0.15, 0.2) is 0 Å². The molecule has 0 aliphatic carbocycles. The highest BCUT2D eigenvalue weighted by Gasteiger charge is 2.20. The molecule has 4 atom stereocenters. The molecule has 0 fully saturated rings. The molecule has 0 heterocycles. The van der Waals surface area contributed by atoms with Crippen LogP contribution in [0.5, 0.6) is 0 Å². The Balaban J connectivity index is 0. The Morgan fingerprint density at radius 3 is 1.24 bits per heavy atom. The van der Waals surface area contributed by atoms with Crippen LogP contribution in [0.1, 0.15) is 41.5 Å². The molecule has 0 bridgehead atoms. The predicted molar refractivity (Wildman–Crippen MR) is 223 cm³/mol. The molecule has 5 N–H and O–H groups in total. The van der Waals surface area contributed by atoms with E-state index in [4.69, 9.17) is 28.4 Å². The number of rotatable bonds is 39. The molecular formula is C36H67N5O23P2-2. The maximum atomic E-state index is 11.8. The summed E-state index contributed by atoms with van der Waals surface area (Å²) in [5, 5.41) is 13.4. The average Bonchev–Trinajstić information content (AvgIpc) is 3.22. The largest absolute Gasteiger partial charge is 0.756 e. The van der Waals surface area contributed by atoms with Crippen LogP contribution < -0.4 is 36.4 Å². The zero-order valence-electron chi connectivity index (χ0n) is 38.5. The van der Waals surface area contributed by atoms with E-state index in [1.807, 2.05) is 13.8 Å². The molecule has 0 aromatic carbocycles. The third kappa shape index (κ3) is 46.8. The van der Waals surface area contributed by atoms with Gasteiger partial charge in [0.05, 0.1) is 72.6 Å². The molecule has 0 aliphatic rings. The summed E-state index contributed by atoms with van der Waals surface area (Å²) < 4.78 is 81.5. The number of phosphoric acid groups is 2. The maximum absolute atomic E-state index is 11.8. The van der Waals surface area contributed by atoms with E-state index in [2.05, 4.69) is 54.2 Å². The Kier molecular flexibility index (Phi) is 39.3. The fourth-order valence-corrected chi connectivity index (χ4v) is 5.39. The maximum Gasteiger partial charge on any atom is 0.303 e. The average molecular weight is 1000 g/mol. The highest BCUT2D eigenvalue weighted by atomic mass is 31.2. The number of nitrogens with one attached hydrogen (secondary N) is 5. The van der Waals surface area contributed by atoms with Gasteiger partial charge in [-0.2, -0.15) is 0 Å². The van der Waals surface area contributed by atoms with Gasteiger partial charge >= 0.3 is 23.9 Å². The van der Waals surface area contributed by atoms with Crippen LogP contribution in [0.4, 0.5) is 0 Å². The molecule has 0 spiro atoms. The lowest BCUT2D eigenvalue weighted by Gasteiger charge is -2.25. The second-order valence-corrected chi connectivity index (χ2v) is 16.1. The first-order valence-corrected chi connectivity index (χ1v) is 23.3. The summed E-state index contributed by atoms with van der Waals surface area (Å²) in [5.74, 6) is -3.77. The van der Waals surface area contributed by atoms with E-state index in [-0.39, 0.29) is 84.4 Å². The van der Waals surface area contributed by atoms with Gasteiger partial charge in [0.2, 0.25) is 17.7 Å². The van der Waals surface area contributed by atoms with Gasteiger partial charge in [0.25, 0.3) is 15.6 Å². The van der Waals surface area contributed by atoms with Crippen LogP contribution in [-0.2, 0) is 98.7 Å². The summed E-state index contributed by atoms with van der Waals surface area (Å²) in [4.78, 5) is 102. The molecule has 3 amide bonds. The van der Waals surface area contributed by atoms with Crippen molar-refractivity contribution >= 4 is 57.2 Å². The molecule has 2 unspecified atom stereocenters. The number of amides is 3. The van der Waals surface area contributed by atoms with E-state index in [1.165, 1.54) is 0 Å². The summed E-state index contributed by atoms with van der Waals surface area (Å²) in [6, 6.07) is 0.218. The fraction of sp³-hybridized carbons (Fsp3) is 0.806. The van der Waals surface area contributed by atoms with Crippen LogP contribution in [0.3, 0.4) is 0 Å². The quantitative estimate of drug-likeness (QED) is 0.0173. The lowest BCUT2D eigenvalue weighted by molar-refractivity contribution is -0.229. The fourth-order valence-electron chi connectivity index (χ4n) is 3.91. The van der Waals surface area contributed by atoms with E-state index in [1.54, 1.807) is 7.05 Å². The molecule has 0 aromatic heterocycles. The van der Waals surface area contributed by atoms with E-state index >= 15 is 0 Å². The summed E-state index contributed by atoms with van der Waals surface area (Å²) in [6.07, 6.45) is -2.25. The molecule has 0 rings (SSSR count). The molecule has 0 aromatic rings. The van der Waals surface area contributed by atoms with Crippen molar-refractivity contribution in [3.8, 4) is 0 Å². The first-order valence-electron chi connectivity index (χ1n) is 20.4. The summed E-state index contributed by atoms with van der Waals surface area (Å²) >= 11 is 0. The van der Waals surface area contributed by atoms with E-state index < -0.39 is 83.4 Å². The molecule has 28 nitrogen and oxygen atoms in total. The van der Waals surface area contributed by atoms with Crippen LogP contribution in [-0.4, -0.2) is 192 Å². The minimum atomic E-state index is -4.76. The van der Waals surface area contributed by atoms with Crippen molar-refractivity contribution in [1.29, 1.82) is 0 Å². The molecule has 0 saturated heterocycles. The number of phosphoric ester groups is 2. The van der Waals surface area contributed by atoms with E-state index in [9.17, 15) is 52.5 Å². The van der Waals surface area contributed by atoms with Crippen molar-refractivity contribution in [2.75, 3.05) is 132 Å². The van der Waals surface area contributed by atoms with Crippen molar-refractivity contribution in [3.63, 3.8) is 0 Å². The zero-order chi connectivity index (χ0) is 50.2. The van der Waals surface area contributed by atoms with Gasteiger partial charge in [-0.1, -0.05) is 13.8 Å². The number of carbonyl (C=O) groups is 7. The number of likely N-dealkylation sites (N-methyl/N-ethyl adjacent to an activating group) is 1. The van der Waals surface area contributed by atoms with Crippen molar-refractivity contribution in [1.82, 2.24) is 26.6 Å². The monoisotopic (exact) mass is 999 g/mol. The molecule has 386 valence electrons. The predicted octanol–water partition coefficient (Wildman–Crippen LogP) is -3.40. The van der Waals surface area contributed by atoms with E-state index in [0.29, 0.717) is 32.9 Å². The van der Waals surface area contributed by atoms with Gasteiger partial charge in [-0.25, -0.2) is 0 Å². The molecule has 0 aliphatic heterocycles. The van der Waals surface area contributed by atoms with Gasteiger partial charge in [-0.05, 0) is 7.05 Å². The van der Waals surface area contributed by atoms with Gasteiger partial charge < -0.3 is 92.4 Å². The second kappa shape index (κ2) is 40.3. The lowest BCUT2D eigenvalue weighted by atomic mass is 10.4. The molecule has 30 heteroatoms. The van der Waals surface area contributed by atoms with Crippen molar-refractivity contribution < 1.29 is 108 Å². The lowest BCUT2D eigenvalue weighted by Crippen LogP contribution is -2.38. The van der Waals surface area contributed by atoms with Gasteiger partial charge in [0.15, 0.2) is 12.2 Å². The smallest absolute Gasteiger partial charge is 0.303 e. The third-order valence-electron chi connectivity index (χ3n) is 6.74. The Morgan fingerprint density at radius 2 is 0.864 bits per heavy atom. The van der Waals surface area contributed by atoms with Crippen LogP contribution in [0.2, 0.25) is 0 Å². The molecule has 66 heavy (non-hydrogen) atoms. The number of carbonyl (C=O) groups excluding carboxylic acids is 7. The van der Waals surface area contributed by atoms with Crippen molar-refractivity contribution in [2.24, 2.45) is 0 Å². The Hall–Kier alpha value is -3.73. The summed E-state index contributed by atoms with van der Waals surface area (Å²) in [5.41, 5.74) is 0. The van der Waals surface area contributed by atoms with E-state index in [0.717, 1.165) is 27.7 Å². The summed E-state index contributed by atoms with van der Waals surface area (Å²) in [6.45, 7) is 7.99. The first-order chi connectivity index (χ1) is 31.1. The number of esters is 4. The van der Waals surface area contributed by atoms with Gasteiger partial charge in [0, 0.05) is 59.9 Å². The Labute approximate surface area is 383 Å². The minimum Gasteiger partial charge on any atom is -0.756 e. The molecular weight excluding hydrogens is 932 g/mol. The minimum absolute atomic E-state index is 0.0999. The van der Waals surface area contributed by atoms with Crippen LogP contribution >= 0.6 is 15.6 Å². The normalized spacial score (nSPS) is 13.7. The number of ether oxygens (including phenoxy) is 8. The topological polar surface area (TPSA) is 371 Å². The number of hydrogen-bond acceptors (Lipinski definition) is 25.